The topological polar surface area (TPSA) is 75.7 Å². The zero-order valence-corrected chi connectivity index (χ0v) is 14.7. The van der Waals surface area contributed by atoms with E-state index in [1.165, 1.54) is 4.74 Å². The molecule has 0 N–H and O–H groups in total. The normalized spacial score (nSPS) is 16.2. The minimum atomic E-state index is -7.64. The minimum Gasteiger partial charge on any atom is -0.743 e. The van der Waals surface area contributed by atoms with E-state index < -0.39 is 51.7 Å². The fourth-order valence-corrected chi connectivity index (χ4v) is 1.21. The SMILES string of the molecule is O=S(=O)([O-])C(F)(F)C(F)(F)OC(F)(C(F)(F)F)C(F)(F)OC(F)=C(F)F.[Na+]. The number of rotatable bonds is 7. The fourth-order valence-electron chi connectivity index (χ4n) is 0.881. The summed E-state index contributed by atoms with van der Waals surface area (Å²) >= 11 is 0. The summed E-state index contributed by atoms with van der Waals surface area (Å²) in [5.41, 5.74) is 0. The molecule has 0 aromatic rings. The summed E-state index contributed by atoms with van der Waals surface area (Å²) in [5.74, 6) is -7.54. The molecule has 0 aliphatic carbocycles. The zero-order valence-electron chi connectivity index (χ0n) is 11.9. The van der Waals surface area contributed by atoms with Crippen molar-refractivity contribution in [3.05, 3.63) is 12.1 Å². The van der Waals surface area contributed by atoms with E-state index in [0.29, 0.717) is 0 Å². The summed E-state index contributed by atoms with van der Waals surface area (Å²) < 4.78 is 195. The quantitative estimate of drug-likeness (QED) is 0.238. The van der Waals surface area contributed by atoms with Crippen molar-refractivity contribution in [2.24, 2.45) is 0 Å². The molecule has 20 heteroatoms. The number of hydrogen-bond donors (Lipinski definition) is 0. The molecule has 27 heavy (non-hydrogen) atoms. The van der Waals surface area contributed by atoms with Crippen molar-refractivity contribution in [2.45, 2.75) is 29.5 Å². The van der Waals surface area contributed by atoms with Crippen LogP contribution in [0, 0.1) is 0 Å². The Balaban J connectivity index is 0. The molecule has 0 aliphatic heterocycles. The predicted octanol–water partition coefficient (Wildman–Crippen LogP) is 0.610. The van der Waals surface area contributed by atoms with E-state index in [-0.39, 0.29) is 29.6 Å². The summed E-state index contributed by atoms with van der Waals surface area (Å²) in [7, 11) is -7.64. The van der Waals surface area contributed by atoms with Gasteiger partial charge in [0.1, 0.15) is 0 Å². The van der Waals surface area contributed by atoms with Gasteiger partial charge in [0, 0.05) is 0 Å². The number of ether oxygens (including phenoxy) is 2. The van der Waals surface area contributed by atoms with Gasteiger partial charge in [-0.1, -0.05) is 0 Å². The predicted molar refractivity (Wildman–Crippen MR) is 47.0 cm³/mol. The van der Waals surface area contributed by atoms with Gasteiger partial charge in [0.15, 0.2) is 10.1 Å². The maximum Gasteiger partial charge on any atom is 1.00 e. The molecule has 0 fully saturated rings. The number of alkyl halides is 10. The summed E-state index contributed by atoms with van der Waals surface area (Å²) in [4.78, 5) is 0. The molecule has 0 saturated heterocycles. The molecule has 0 spiro atoms. The molecule has 0 aliphatic rings. The third-order valence-corrected chi connectivity index (χ3v) is 2.89. The van der Waals surface area contributed by atoms with Crippen molar-refractivity contribution < 1.29 is 109 Å². The largest absolute Gasteiger partial charge is 1.00 e. The van der Waals surface area contributed by atoms with E-state index in [2.05, 4.69) is 0 Å². The second-order valence-corrected chi connectivity index (χ2v) is 5.26. The molecule has 5 nitrogen and oxygen atoms in total. The van der Waals surface area contributed by atoms with Gasteiger partial charge in [0.25, 0.3) is 0 Å². The second-order valence-electron chi connectivity index (χ2n) is 3.84. The van der Waals surface area contributed by atoms with Crippen molar-refractivity contribution in [1.29, 1.82) is 0 Å². The Hall–Kier alpha value is -0.500. The van der Waals surface area contributed by atoms with Crippen molar-refractivity contribution in [3.8, 4) is 0 Å². The Morgan fingerprint density at radius 1 is 0.778 bits per heavy atom. The first-order valence-corrected chi connectivity index (χ1v) is 6.39. The fraction of sp³-hybridized carbons (Fsp3) is 0.714. The van der Waals surface area contributed by atoms with Gasteiger partial charge in [-0.25, -0.2) is 8.42 Å². The van der Waals surface area contributed by atoms with Crippen LogP contribution in [0.5, 0.6) is 0 Å². The third-order valence-electron chi connectivity index (χ3n) is 2.03. The smallest absolute Gasteiger partial charge is 0.743 e. The molecule has 1 unspecified atom stereocenters. The van der Waals surface area contributed by atoms with Gasteiger partial charge in [-0.3, -0.25) is 4.74 Å². The van der Waals surface area contributed by atoms with Gasteiger partial charge in [-0.05, 0) is 0 Å². The second kappa shape index (κ2) is 8.09. The van der Waals surface area contributed by atoms with Crippen LogP contribution in [0.25, 0.3) is 0 Å². The Labute approximate surface area is 161 Å². The summed E-state index contributed by atoms with van der Waals surface area (Å²) in [5, 5.41) is -7.27. The van der Waals surface area contributed by atoms with Gasteiger partial charge in [0.05, 0.1) is 0 Å². The Morgan fingerprint density at radius 3 is 1.41 bits per heavy atom. The van der Waals surface area contributed by atoms with E-state index in [1.807, 2.05) is 4.74 Å². The molecular weight excluding hydrogens is 466 g/mol. The van der Waals surface area contributed by atoms with E-state index in [0.717, 1.165) is 0 Å². The molecule has 1 atom stereocenters. The standard InChI is InChI=1S/C7HF13O5S.Na/c8-1(9)2(10)24-5(15,16)3(11,4(12,13)14)25-6(17,18)7(19,20)26(21,22)23;/h(H,21,22,23);/q;+1/p-1. The molecule has 0 heterocycles. The average molecular weight is 466 g/mol. The van der Waals surface area contributed by atoms with Crippen LogP contribution >= 0.6 is 0 Å². The molecule has 0 aromatic heterocycles. The molecular formula is C7F13NaO5S. The molecule has 0 rings (SSSR count). The van der Waals surface area contributed by atoms with Crippen molar-refractivity contribution >= 4 is 10.1 Å². The summed E-state index contributed by atoms with van der Waals surface area (Å²) in [6.07, 6.45) is -26.2. The van der Waals surface area contributed by atoms with Gasteiger partial charge < -0.3 is 9.29 Å². The molecule has 0 aromatic carbocycles. The number of hydrogen-bond acceptors (Lipinski definition) is 5. The zero-order chi connectivity index (χ0) is 21.6. The van der Waals surface area contributed by atoms with E-state index in [4.69, 9.17) is 0 Å². The van der Waals surface area contributed by atoms with E-state index in [9.17, 15) is 70.0 Å². The van der Waals surface area contributed by atoms with Crippen LogP contribution in [0.15, 0.2) is 12.1 Å². The Kier molecular flexibility index (Phi) is 8.60. The Morgan fingerprint density at radius 2 is 1.15 bits per heavy atom. The minimum absolute atomic E-state index is 0. The van der Waals surface area contributed by atoms with Crippen LogP contribution in [0.4, 0.5) is 57.1 Å². The van der Waals surface area contributed by atoms with Crippen LogP contribution < -0.4 is 29.6 Å². The van der Waals surface area contributed by atoms with Gasteiger partial charge in [0.2, 0.25) is 0 Å². The molecule has 0 radical (unpaired) electrons. The first-order chi connectivity index (χ1) is 11.0. The van der Waals surface area contributed by atoms with Crippen LogP contribution in [0.1, 0.15) is 0 Å². The van der Waals surface area contributed by atoms with Crippen molar-refractivity contribution in [1.82, 2.24) is 0 Å². The third kappa shape index (κ3) is 5.52. The Bertz CT molecular complexity index is 669. The van der Waals surface area contributed by atoms with Crippen LogP contribution in [-0.4, -0.2) is 42.5 Å². The van der Waals surface area contributed by atoms with Gasteiger partial charge >= 0.3 is 71.2 Å². The molecule has 0 saturated carbocycles. The van der Waals surface area contributed by atoms with Crippen molar-refractivity contribution in [3.63, 3.8) is 0 Å². The van der Waals surface area contributed by atoms with Crippen LogP contribution in [0.2, 0.25) is 0 Å². The van der Waals surface area contributed by atoms with Crippen molar-refractivity contribution in [2.75, 3.05) is 0 Å². The monoisotopic (exact) mass is 466 g/mol. The van der Waals surface area contributed by atoms with Gasteiger partial charge in [-0.15, -0.1) is 0 Å². The van der Waals surface area contributed by atoms with Gasteiger partial charge in [-0.2, -0.15) is 57.1 Å². The molecule has 156 valence electrons. The van der Waals surface area contributed by atoms with E-state index >= 15 is 0 Å². The molecule has 0 bridgehead atoms. The maximum atomic E-state index is 13.3. The van der Waals surface area contributed by atoms with E-state index in [1.54, 1.807) is 0 Å². The first-order valence-electron chi connectivity index (χ1n) is 4.98. The summed E-state index contributed by atoms with van der Waals surface area (Å²) in [6, 6.07) is -3.96. The molecule has 0 amide bonds. The number of halogens is 13. The van der Waals surface area contributed by atoms with Crippen LogP contribution in [0.3, 0.4) is 0 Å². The first kappa shape index (κ1) is 28.7. The summed E-state index contributed by atoms with van der Waals surface area (Å²) in [6.45, 7) is 0. The average Bonchev–Trinajstić information content (AvgIpc) is 2.34. The maximum absolute atomic E-state index is 13.3. The van der Waals surface area contributed by atoms with Crippen LogP contribution in [-0.2, 0) is 19.6 Å².